The van der Waals surface area contributed by atoms with Gasteiger partial charge in [-0.05, 0) is 31.4 Å². The van der Waals surface area contributed by atoms with Crippen LogP contribution in [0.3, 0.4) is 0 Å². The molecule has 0 atom stereocenters. The van der Waals surface area contributed by atoms with Crippen LogP contribution in [0.5, 0.6) is 0 Å². The van der Waals surface area contributed by atoms with Crippen LogP contribution in [0.25, 0.3) is 0 Å². The Hall–Kier alpha value is -1.47. The van der Waals surface area contributed by atoms with Gasteiger partial charge >= 0.3 is 5.69 Å². The third-order valence-electron chi connectivity index (χ3n) is 2.83. The monoisotopic (exact) mass is 271 g/mol. The fourth-order valence-electron chi connectivity index (χ4n) is 1.98. The molecular formula is C10H14ClN5O2. The van der Waals surface area contributed by atoms with Crippen molar-refractivity contribution in [3.63, 3.8) is 0 Å². The summed E-state index contributed by atoms with van der Waals surface area (Å²) in [6.45, 7) is 3.24. The lowest BCUT2D eigenvalue weighted by atomic mass is 10.2. The summed E-state index contributed by atoms with van der Waals surface area (Å²) in [5, 5.41) is 13.0. The lowest BCUT2D eigenvalue weighted by Gasteiger charge is -2.27. The molecule has 0 spiro atoms. The SMILES string of the molecule is Cc1nc(Cl)nc(NN2CCCCC2)c1[N+](=O)[O-]. The molecule has 18 heavy (non-hydrogen) atoms. The summed E-state index contributed by atoms with van der Waals surface area (Å²) >= 11 is 5.74. The van der Waals surface area contributed by atoms with Gasteiger partial charge in [-0.3, -0.25) is 15.5 Å². The predicted molar refractivity (Wildman–Crippen MR) is 67.5 cm³/mol. The molecule has 0 bridgehead atoms. The molecule has 8 heteroatoms. The molecule has 0 aliphatic carbocycles. The normalized spacial score (nSPS) is 16.6. The van der Waals surface area contributed by atoms with E-state index in [1.165, 1.54) is 6.42 Å². The zero-order valence-corrected chi connectivity index (χ0v) is 10.8. The van der Waals surface area contributed by atoms with Crippen molar-refractivity contribution in [2.45, 2.75) is 26.2 Å². The first-order valence-corrected chi connectivity index (χ1v) is 6.16. The Balaban J connectivity index is 2.27. The third-order valence-corrected chi connectivity index (χ3v) is 3.00. The van der Waals surface area contributed by atoms with Crippen LogP contribution < -0.4 is 5.43 Å². The number of hydrogen-bond donors (Lipinski definition) is 1. The highest BCUT2D eigenvalue weighted by Crippen LogP contribution is 2.27. The van der Waals surface area contributed by atoms with Crippen LogP contribution in [0.15, 0.2) is 0 Å². The van der Waals surface area contributed by atoms with Crippen molar-refractivity contribution in [2.75, 3.05) is 18.5 Å². The quantitative estimate of drug-likeness (QED) is 0.515. The molecule has 1 aliphatic heterocycles. The molecule has 0 aromatic carbocycles. The van der Waals surface area contributed by atoms with Gasteiger partial charge in [-0.2, -0.15) is 4.98 Å². The summed E-state index contributed by atoms with van der Waals surface area (Å²) in [6.07, 6.45) is 3.32. The van der Waals surface area contributed by atoms with Crippen LogP contribution in [0.1, 0.15) is 25.0 Å². The summed E-state index contributed by atoms with van der Waals surface area (Å²) in [6, 6.07) is 0. The van der Waals surface area contributed by atoms with Gasteiger partial charge in [-0.15, -0.1) is 0 Å². The molecule has 1 N–H and O–H groups in total. The summed E-state index contributed by atoms with van der Waals surface area (Å²) in [4.78, 5) is 18.2. The second kappa shape index (κ2) is 5.45. The standard InChI is InChI=1S/C10H14ClN5O2/c1-7-8(16(17)18)9(13-10(11)12-7)14-15-5-3-2-4-6-15/h2-6H2,1H3,(H,12,13,14). The maximum absolute atomic E-state index is 11.0. The first-order chi connectivity index (χ1) is 8.58. The Morgan fingerprint density at radius 3 is 2.61 bits per heavy atom. The third kappa shape index (κ3) is 2.85. The molecule has 1 fully saturated rings. The van der Waals surface area contributed by atoms with E-state index in [-0.39, 0.29) is 22.5 Å². The van der Waals surface area contributed by atoms with Gasteiger partial charge in [-0.25, -0.2) is 9.99 Å². The van der Waals surface area contributed by atoms with Crippen molar-refractivity contribution < 1.29 is 4.92 Å². The van der Waals surface area contributed by atoms with Crippen molar-refractivity contribution in [3.05, 3.63) is 21.1 Å². The number of nitro groups is 1. The molecular weight excluding hydrogens is 258 g/mol. The highest BCUT2D eigenvalue weighted by atomic mass is 35.5. The van der Waals surface area contributed by atoms with Gasteiger partial charge in [0.2, 0.25) is 11.1 Å². The maximum atomic E-state index is 11.0. The summed E-state index contributed by atoms with van der Waals surface area (Å²) in [5.41, 5.74) is 3.11. The Labute approximate surface area is 109 Å². The summed E-state index contributed by atoms with van der Waals surface area (Å²) in [5.74, 6) is 0.166. The molecule has 0 unspecified atom stereocenters. The Morgan fingerprint density at radius 1 is 1.33 bits per heavy atom. The van der Waals surface area contributed by atoms with Gasteiger partial charge in [0.1, 0.15) is 5.69 Å². The molecule has 1 aromatic rings. The number of anilines is 1. The minimum absolute atomic E-state index is 0.0117. The molecule has 1 saturated heterocycles. The lowest BCUT2D eigenvalue weighted by Crippen LogP contribution is -2.35. The maximum Gasteiger partial charge on any atom is 0.333 e. The average molecular weight is 272 g/mol. The number of rotatable bonds is 3. The molecule has 1 aromatic heterocycles. The van der Waals surface area contributed by atoms with E-state index in [9.17, 15) is 10.1 Å². The highest BCUT2D eigenvalue weighted by molar-refractivity contribution is 6.28. The van der Waals surface area contributed by atoms with Crippen LogP contribution in [-0.4, -0.2) is 33.0 Å². The van der Waals surface area contributed by atoms with Crippen molar-refractivity contribution >= 4 is 23.1 Å². The van der Waals surface area contributed by atoms with Crippen molar-refractivity contribution in [3.8, 4) is 0 Å². The molecule has 0 saturated carbocycles. The molecule has 2 rings (SSSR count). The minimum Gasteiger partial charge on any atom is -0.297 e. The minimum atomic E-state index is -0.488. The van der Waals surface area contributed by atoms with Crippen LogP contribution >= 0.6 is 11.6 Å². The van der Waals surface area contributed by atoms with Crippen LogP contribution in [0.4, 0.5) is 11.5 Å². The van der Waals surface area contributed by atoms with Crippen molar-refractivity contribution in [2.24, 2.45) is 0 Å². The Kier molecular flexibility index (Phi) is 3.93. The van der Waals surface area contributed by atoms with Crippen molar-refractivity contribution in [1.82, 2.24) is 15.0 Å². The van der Waals surface area contributed by atoms with E-state index in [0.717, 1.165) is 25.9 Å². The van der Waals surface area contributed by atoms with E-state index in [2.05, 4.69) is 15.4 Å². The fraction of sp³-hybridized carbons (Fsp3) is 0.600. The second-order valence-electron chi connectivity index (χ2n) is 4.19. The first-order valence-electron chi connectivity index (χ1n) is 5.78. The topological polar surface area (TPSA) is 84.2 Å². The number of nitrogens with one attached hydrogen (secondary N) is 1. The fourth-order valence-corrected chi connectivity index (χ4v) is 2.20. The van der Waals surface area contributed by atoms with Crippen LogP contribution in [-0.2, 0) is 0 Å². The number of hydrogen-bond acceptors (Lipinski definition) is 6. The second-order valence-corrected chi connectivity index (χ2v) is 4.53. The molecule has 2 heterocycles. The van der Waals surface area contributed by atoms with E-state index in [1.54, 1.807) is 6.92 Å². The van der Waals surface area contributed by atoms with E-state index >= 15 is 0 Å². The van der Waals surface area contributed by atoms with Crippen LogP contribution in [0.2, 0.25) is 5.28 Å². The molecule has 0 amide bonds. The van der Waals surface area contributed by atoms with Crippen molar-refractivity contribution in [1.29, 1.82) is 0 Å². The van der Waals surface area contributed by atoms with Gasteiger partial charge in [0.25, 0.3) is 0 Å². The number of halogens is 1. The molecule has 0 radical (unpaired) electrons. The molecule has 7 nitrogen and oxygen atoms in total. The van der Waals surface area contributed by atoms with Gasteiger partial charge in [0.15, 0.2) is 0 Å². The average Bonchev–Trinajstić information content (AvgIpc) is 2.28. The van der Waals surface area contributed by atoms with Gasteiger partial charge < -0.3 is 0 Å². The zero-order valence-electron chi connectivity index (χ0n) is 10.0. The van der Waals surface area contributed by atoms with Gasteiger partial charge in [-0.1, -0.05) is 6.42 Å². The number of piperidine rings is 1. The van der Waals surface area contributed by atoms with E-state index in [4.69, 9.17) is 11.6 Å². The van der Waals surface area contributed by atoms with E-state index in [0.29, 0.717) is 0 Å². The lowest BCUT2D eigenvalue weighted by molar-refractivity contribution is -0.385. The zero-order chi connectivity index (χ0) is 13.1. The Bertz CT molecular complexity index is 462. The molecule has 98 valence electrons. The summed E-state index contributed by atoms with van der Waals surface area (Å²) in [7, 11) is 0. The number of hydrazine groups is 1. The highest BCUT2D eigenvalue weighted by Gasteiger charge is 2.23. The Morgan fingerprint density at radius 2 is 2.00 bits per heavy atom. The van der Waals surface area contributed by atoms with Crippen LogP contribution in [0, 0.1) is 17.0 Å². The van der Waals surface area contributed by atoms with Gasteiger partial charge in [0, 0.05) is 13.1 Å². The smallest absolute Gasteiger partial charge is 0.297 e. The van der Waals surface area contributed by atoms with Gasteiger partial charge in [0.05, 0.1) is 4.92 Å². The molecule has 1 aliphatic rings. The first kappa shape index (κ1) is 13.0. The predicted octanol–water partition coefficient (Wildman–Crippen LogP) is 2.16. The van der Waals surface area contributed by atoms with E-state index in [1.807, 2.05) is 5.01 Å². The largest absolute Gasteiger partial charge is 0.333 e. The summed E-state index contributed by atoms with van der Waals surface area (Å²) < 4.78 is 0. The number of aromatic nitrogens is 2. The number of nitrogens with zero attached hydrogens (tertiary/aromatic N) is 4. The van der Waals surface area contributed by atoms with E-state index < -0.39 is 4.92 Å². The number of aryl methyl sites for hydroxylation is 1.